The third-order valence-electron chi connectivity index (χ3n) is 1.76. The van der Waals surface area contributed by atoms with E-state index in [9.17, 15) is 4.79 Å². The van der Waals surface area contributed by atoms with Crippen LogP contribution < -0.4 is 4.74 Å². The lowest BCUT2D eigenvalue weighted by Crippen LogP contribution is -1.90. The first-order valence-corrected chi connectivity index (χ1v) is 4.48. The number of benzene rings is 1. The molecular weight excluding hydrogens is 192 g/mol. The quantitative estimate of drug-likeness (QED) is 0.747. The molecule has 3 heteroatoms. The normalized spacial score (nSPS) is 8.93. The molecule has 1 rings (SSSR count). The van der Waals surface area contributed by atoms with E-state index >= 15 is 0 Å². The summed E-state index contributed by atoms with van der Waals surface area (Å²) in [6.45, 7) is 1.94. The third kappa shape index (κ3) is 3.74. The van der Waals surface area contributed by atoms with Gasteiger partial charge in [-0.05, 0) is 30.7 Å². The van der Waals surface area contributed by atoms with Gasteiger partial charge < -0.3 is 9.84 Å². The van der Waals surface area contributed by atoms with E-state index in [0.29, 0.717) is 0 Å². The van der Waals surface area contributed by atoms with Crippen molar-refractivity contribution in [1.29, 1.82) is 0 Å². The lowest BCUT2D eigenvalue weighted by atomic mass is 10.1. The van der Waals surface area contributed by atoms with Gasteiger partial charge in [0, 0.05) is 5.56 Å². The maximum Gasteiger partial charge on any atom is 0.315 e. The smallest absolute Gasteiger partial charge is 0.315 e. The molecule has 3 nitrogen and oxygen atoms in total. The molecule has 0 saturated carbocycles. The molecule has 0 atom stereocenters. The standard InChI is InChI=1S/C12H12O3/c1-9-6-10(4-3-5-12(13)14)8-11(7-9)15-2/h6-8H,5H2,1-2H3,(H,13,14). The molecule has 0 amide bonds. The van der Waals surface area contributed by atoms with Crippen LogP contribution in [-0.4, -0.2) is 18.2 Å². The molecule has 0 aliphatic carbocycles. The van der Waals surface area contributed by atoms with Gasteiger partial charge in [-0.25, -0.2) is 0 Å². The van der Waals surface area contributed by atoms with Crippen molar-refractivity contribution in [2.75, 3.05) is 7.11 Å². The van der Waals surface area contributed by atoms with Crippen LogP contribution in [-0.2, 0) is 4.79 Å². The summed E-state index contributed by atoms with van der Waals surface area (Å²) in [6.07, 6.45) is -0.143. The second-order valence-corrected chi connectivity index (χ2v) is 3.11. The number of carboxylic acid groups (broad SMARTS) is 1. The molecule has 0 aliphatic rings. The molecular formula is C12H12O3. The van der Waals surface area contributed by atoms with Gasteiger partial charge in [0.05, 0.1) is 7.11 Å². The van der Waals surface area contributed by atoms with Crippen molar-refractivity contribution in [2.45, 2.75) is 13.3 Å². The van der Waals surface area contributed by atoms with E-state index in [1.165, 1.54) is 0 Å². The average Bonchev–Trinajstić information content (AvgIpc) is 2.16. The fourth-order valence-electron chi connectivity index (χ4n) is 1.16. The molecule has 0 aliphatic heterocycles. The van der Waals surface area contributed by atoms with Crippen molar-refractivity contribution >= 4 is 5.97 Å². The fourth-order valence-corrected chi connectivity index (χ4v) is 1.16. The number of carboxylic acids is 1. The molecule has 0 fully saturated rings. The SMILES string of the molecule is COc1cc(C)cc(C#CCC(=O)O)c1. The van der Waals surface area contributed by atoms with E-state index in [4.69, 9.17) is 9.84 Å². The Balaban J connectivity index is 2.88. The predicted molar refractivity (Wildman–Crippen MR) is 56.9 cm³/mol. The largest absolute Gasteiger partial charge is 0.497 e. The summed E-state index contributed by atoms with van der Waals surface area (Å²) >= 11 is 0. The highest BCUT2D eigenvalue weighted by Gasteiger charge is 1.96. The van der Waals surface area contributed by atoms with Gasteiger partial charge in [0.1, 0.15) is 12.2 Å². The van der Waals surface area contributed by atoms with Crippen LogP contribution in [0.3, 0.4) is 0 Å². The molecule has 15 heavy (non-hydrogen) atoms. The summed E-state index contributed by atoms with van der Waals surface area (Å²) in [5.41, 5.74) is 1.81. The highest BCUT2D eigenvalue weighted by Crippen LogP contribution is 2.15. The van der Waals surface area contributed by atoms with Crippen molar-refractivity contribution in [1.82, 2.24) is 0 Å². The Hall–Kier alpha value is -1.95. The van der Waals surface area contributed by atoms with E-state index in [1.54, 1.807) is 13.2 Å². The minimum atomic E-state index is -0.915. The lowest BCUT2D eigenvalue weighted by molar-refractivity contribution is -0.135. The maximum absolute atomic E-state index is 10.3. The first-order valence-electron chi connectivity index (χ1n) is 4.48. The van der Waals surface area contributed by atoms with Gasteiger partial charge in [0.25, 0.3) is 0 Å². The average molecular weight is 204 g/mol. The van der Waals surface area contributed by atoms with Crippen molar-refractivity contribution in [2.24, 2.45) is 0 Å². The van der Waals surface area contributed by atoms with Gasteiger partial charge in [-0.3, -0.25) is 4.79 Å². The van der Waals surface area contributed by atoms with Gasteiger partial charge >= 0.3 is 5.97 Å². The molecule has 0 heterocycles. The summed E-state index contributed by atoms with van der Waals surface area (Å²) in [4.78, 5) is 10.3. The van der Waals surface area contributed by atoms with Gasteiger partial charge in [-0.15, -0.1) is 0 Å². The van der Waals surface area contributed by atoms with E-state index in [1.807, 2.05) is 19.1 Å². The van der Waals surface area contributed by atoms with Crippen LogP contribution in [0.4, 0.5) is 0 Å². The van der Waals surface area contributed by atoms with Gasteiger partial charge in [-0.2, -0.15) is 0 Å². The molecule has 0 aromatic heterocycles. The van der Waals surface area contributed by atoms with Crippen molar-refractivity contribution < 1.29 is 14.6 Å². The number of hydrogen-bond donors (Lipinski definition) is 1. The van der Waals surface area contributed by atoms with E-state index < -0.39 is 5.97 Å². The third-order valence-corrected chi connectivity index (χ3v) is 1.76. The number of aliphatic carboxylic acids is 1. The van der Waals surface area contributed by atoms with Gasteiger partial charge in [0.15, 0.2) is 0 Å². The molecule has 0 bridgehead atoms. The first-order chi connectivity index (χ1) is 7.11. The van der Waals surface area contributed by atoms with Crippen LogP contribution in [0.15, 0.2) is 18.2 Å². The summed E-state index contributed by atoms with van der Waals surface area (Å²) in [7, 11) is 1.59. The van der Waals surface area contributed by atoms with Crippen molar-refractivity contribution in [3.63, 3.8) is 0 Å². The van der Waals surface area contributed by atoms with E-state index in [-0.39, 0.29) is 6.42 Å². The van der Waals surface area contributed by atoms with Crippen LogP contribution in [0, 0.1) is 18.8 Å². The van der Waals surface area contributed by atoms with E-state index in [2.05, 4.69) is 11.8 Å². The Kier molecular flexibility index (Phi) is 3.75. The van der Waals surface area contributed by atoms with Gasteiger partial charge in [-0.1, -0.05) is 11.8 Å². The summed E-state index contributed by atoms with van der Waals surface area (Å²) < 4.78 is 5.08. The minimum absolute atomic E-state index is 0.143. The number of carbonyl (C=O) groups is 1. The lowest BCUT2D eigenvalue weighted by Gasteiger charge is -2.01. The number of methoxy groups -OCH3 is 1. The number of aryl methyl sites for hydroxylation is 1. The van der Waals surface area contributed by atoms with Crippen LogP contribution in [0.5, 0.6) is 5.75 Å². The summed E-state index contributed by atoms with van der Waals surface area (Å²) in [6, 6.07) is 5.56. The summed E-state index contributed by atoms with van der Waals surface area (Å²) in [5.74, 6) is 5.17. The molecule has 0 radical (unpaired) electrons. The molecule has 0 unspecified atom stereocenters. The molecule has 1 N–H and O–H groups in total. The number of hydrogen-bond acceptors (Lipinski definition) is 2. The molecule has 1 aromatic rings. The highest BCUT2D eigenvalue weighted by molar-refractivity contribution is 5.70. The fraction of sp³-hybridized carbons (Fsp3) is 0.250. The van der Waals surface area contributed by atoms with Crippen molar-refractivity contribution in [3.8, 4) is 17.6 Å². The van der Waals surface area contributed by atoms with Crippen LogP contribution >= 0.6 is 0 Å². The Morgan fingerprint density at radius 1 is 1.47 bits per heavy atom. The van der Waals surface area contributed by atoms with Crippen LogP contribution in [0.1, 0.15) is 17.5 Å². The molecule has 0 saturated heterocycles. The Labute approximate surface area is 88.7 Å². The zero-order valence-electron chi connectivity index (χ0n) is 8.70. The highest BCUT2D eigenvalue weighted by atomic mass is 16.5. The zero-order valence-corrected chi connectivity index (χ0v) is 8.70. The minimum Gasteiger partial charge on any atom is -0.497 e. The zero-order chi connectivity index (χ0) is 11.3. The predicted octanol–water partition coefficient (Wildman–Crippen LogP) is 1.83. The summed E-state index contributed by atoms with van der Waals surface area (Å²) in [5, 5.41) is 8.42. The molecule has 0 spiro atoms. The Morgan fingerprint density at radius 3 is 2.80 bits per heavy atom. The number of ether oxygens (including phenoxy) is 1. The van der Waals surface area contributed by atoms with Crippen molar-refractivity contribution in [3.05, 3.63) is 29.3 Å². The molecule has 78 valence electrons. The Morgan fingerprint density at radius 2 is 2.20 bits per heavy atom. The number of rotatable bonds is 2. The topological polar surface area (TPSA) is 46.5 Å². The second-order valence-electron chi connectivity index (χ2n) is 3.11. The van der Waals surface area contributed by atoms with Crippen LogP contribution in [0.25, 0.3) is 0 Å². The second kappa shape index (κ2) is 5.06. The monoisotopic (exact) mass is 204 g/mol. The molecule has 1 aromatic carbocycles. The van der Waals surface area contributed by atoms with E-state index in [0.717, 1.165) is 16.9 Å². The van der Waals surface area contributed by atoms with Crippen LogP contribution in [0.2, 0.25) is 0 Å². The first kappa shape index (κ1) is 11.1. The van der Waals surface area contributed by atoms with Gasteiger partial charge in [0.2, 0.25) is 0 Å². The Bertz CT molecular complexity index is 424. The maximum atomic E-state index is 10.3.